The molecule has 4 heteroatoms. The van der Waals surface area contributed by atoms with Crippen LogP contribution in [0.25, 0.3) is 0 Å². The Labute approximate surface area is 116 Å². The standard InChI is InChI=1S/C15H15NO2S/c1-2-16-12-6-5-10(8-11(12)9-14(16)17)15(18)13-4-3-7-19-13/h3-8,15,18H,2,9H2,1H3. The van der Waals surface area contributed by atoms with Crippen LogP contribution in [0.1, 0.15) is 29.0 Å². The van der Waals surface area contributed by atoms with Gasteiger partial charge in [0.15, 0.2) is 0 Å². The van der Waals surface area contributed by atoms with E-state index < -0.39 is 6.10 Å². The van der Waals surface area contributed by atoms with Crippen LogP contribution in [-0.4, -0.2) is 17.6 Å². The second-order valence-corrected chi connectivity index (χ2v) is 5.60. The molecule has 1 aliphatic heterocycles. The van der Waals surface area contributed by atoms with Crippen LogP contribution in [-0.2, 0) is 11.2 Å². The number of benzene rings is 1. The Bertz CT molecular complexity index is 607. The number of aliphatic hydroxyl groups is 1. The average Bonchev–Trinajstić information content (AvgIpc) is 3.03. The van der Waals surface area contributed by atoms with Gasteiger partial charge in [-0.3, -0.25) is 4.79 Å². The molecule has 2 heterocycles. The third-order valence-electron chi connectivity index (χ3n) is 3.48. The Balaban J connectivity index is 1.95. The predicted octanol–water partition coefficient (Wildman–Crippen LogP) is 2.74. The van der Waals surface area contributed by atoms with Crippen molar-refractivity contribution in [2.24, 2.45) is 0 Å². The van der Waals surface area contributed by atoms with E-state index in [-0.39, 0.29) is 5.91 Å². The molecule has 19 heavy (non-hydrogen) atoms. The first kappa shape index (κ1) is 12.4. The molecule has 0 saturated heterocycles. The van der Waals surface area contributed by atoms with Gasteiger partial charge in [-0.2, -0.15) is 0 Å². The number of hydrogen-bond donors (Lipinski definition) is 1. The first-order valence-electron chi connectivity index (χ1n) is 6.35. The molecule has 0 fully saturated rings. The lowest BCUT2D eigenvalue weighted by molar-refractivity contribution is -0.117. The van der Waals surface area contributed by atoms with Crippen molar-refractivity contribution in [2.75, 3.05) is 11.4 Å². The maximum Gasteiger partial charge on any atom is 0.231 e. The molecule has 0 bridgehead atoms. The smallest absolute Gasteiger partial charge is 0.231 e. The van der Waals surface area contributed by atoms with E-state index in [1.165, 1.54) is 11.3 Å². The fourth-order valence-corrected chi connectivity index (χ4v) is 3.27. The number of likely N-dealkylation sites (N-methyl/N-ethyl adjacent to an activating group) is 1. The van der Waals surface area contributed by atoms with Crippen molar-refractivity contribution in [3.63, 3.8) is 0 Å². The van der Waals surface area contributed by atoms with Gasteiger partial charge in [-0.15, -0.1) is 11.3 Å². The molecule has 2 aromatic rings. The van der Waals surface area contributed by atoms with E-state index in [1.807, 2.05) is 42.6 Å². The summed E-state index contributed by atoms with van der Waals surface area (Å²) >= 11 is 1.54. The van der Waals surface area contributed by atoms with Gasteiger partial charge in [-0.1, -0.05) is 18.2 Å². The summed E-state index contributed by atoms with van der Waals surface area (Å²) in [6.45, 7) is 2.67. The minimum Gasteiger partial charge on any atom is -0.383 e. The molecule has 1 amide bonds. The summed E-state index contributed by atoms with van der Waals surface area (Å²) in [5, 5.41) is 12.3. The summed E-state index contributed by atoms with van der Waals surface area (Å²) in [7, 11) is 0. The predicted molar refractivity (Wildman–Crippen MR) is 76.6 cm³/mol. The topological polar surface area (TPSA) is 40.5 Å². The molecule has 1 unspecified atom stereocenters. The van der Waals surface area contributed by atoms with Gasteiger partial charge in [0.25, 0.3) is 0 Å². The van der Waals surface area contributed by atoms with Crippen molar-refractivity contribution in [2.45, 2.75) is 19.4 Å². The number of carbonyl (C=O) groups is 1. The van der Waals surface area contributed by atoms with E-state index >= 15 is 0 Å². The molecule has 1 aromatic carbocycles. The maximum absolute atomic E-state index is 11.8. The minimum absolute atomic E-state index is 0.139. The summed E-state index contributed by atoms with van der Waals surface area (Å²) in [6, 6.07) is 9.65. The fraction of sp³-hybridized carbons (Fsp3) is 0.267. The first-order chi connectivity index (χ1) is 9.20. The zero-order chi connectivity index (χ0) is 13.4. The molecule has 1 N–H and O–H groups in total. The lowest BCUT2D eigenvalue weighted by Crippen LogP contribution is -2.25. The van der Waals surface area contributed by atoms with Crippen molar-refractivity contribution >= 4 is 22.9 Å². The molecule has 3 rings (SSSR count). The number of nitrogens with zero attached hydrogens (tertiary/aromatic N) is 1. The number of carbonyl (C=O) groups excluding carboxylic acids is 1. The third kappa shape index (κ3) is 2.07. The van der Waals surface area contributed by atoms with E-state index in [0.717, 1.165) is 21.7 Å². The van der Waals surface area contributed by atoms with Gasteiger partial charge in [-0.05, 0) is 35.6 Å². The number of hydrogen-bond acceptors (Lipinski definition) is 3. The Kier molecular flexibility index (Phi) is 3.12. The molecule has 0 aliphatic carbocycles. The van der Waals surface area contributed by atoms with Crippen molar-refractivity contribution in [1.29, 1.82) is 0 Å². The quantitative estimate of drug-likeness (QED) is 0.934. The van der Waals surface area contributed by atoms with E-state index in [2.05, 4.69) is 0 Å². The number of fused-ring (bicyclic) bond motifs is 1. The van der Waals surface area contributed by atoms with Crippen LogP contribution in [0, 0.1) is 0 Å². The highest BCUT2D eigenvalue weighted by atomic mass is 32.1. The second kappa shape index (κ2) is 4.79. The molecule has 0 spiro atoms. The van der Waals surface area contributed by atoms with E-state index in [1.54, 1.807) is 4.90 Å². The Morgan fingerprint density at radius 3 is 2.95 bits per heavy atom. The van der Waals surface area contributed by atoms with E-state index in [4.69, 9.17) is 0 Å². The van der Waals surface area contributed by atoms with Crippen LogP contribution in [0.15, 0.2) is 35.7 Å². The summed E-state index contributed by atoms with van der Waals surface area (Å²) < 4.78 is 0. The minimum atomic E-state index is -0.601. The van der Waals surface area contributed by atoms with Gasteiger partial charge in [-0.25, -0.2) is 0 Å². The highest BCUT2D eigenvalue weighted by molar-refractivity contribution is 7.10. The van der Waals surface area contributed by atoms with Crippen LogP contribution in [0.5, 0.6) is 0 Å². The van der Waals surface area contributed by atoms with Crippen LogP contribution < -0.4 is 4.90 Å². The zero-order valence-electron chi connectivity index (χ0n) is 10.7. The molecular weight excluding hydrogens is 258 g/mol. The molecule has 1 aromatic heterocycles. The van der Waals surface area contributed by atoms with Gasteiger partial charge in [0, 0.05) is 17.1 Å². The highest BCUT2D eigenvalue weighted by Gasteiger charge is 2.26. The lowest BCUT2D eigenvalue weighted by Gasteiger charge is -2.15. The molecule has 1 atom stereocenters. The van der Waals surface area contributed by atoms with Crippen molar-refractivity contribution < 1.29 is 9.90 Å². The summed E-state index contributed by atoms with van der Waals surface area (Å²) in [5.74, 6) is 0.139. The summed E-state index contributed by atoms with van der Waals surface area (Å²) in [6.07, 6.45) is -0.162. The van der Waals surface area contributed by atoms with Gasteiger partial charge in [0.1, 0.15) is 6.10 Å². The van der Waals surface area contributed by atoms with Crippen LogP contribution >= 0.6 is 11.3 Å². The summed E-state index contributed by atoms with van der Waals surface area (Å²) in [5.41, 5.74) is 2.85. The molecule has 1 aliphatic rings. The number of rotatable bonds is 3. The van der Waals surface area contributed by atoms with Crippen LogP contribution in [0.4, 0.5) is 5.69 Å². The largest absolute Gasteiger partial charge is 0.383 e. The molecular formula is C15H15NO2S. The monoisotopic (exact) mass is 273 g/mol. The fourth-order valence-electron chi connectivity index (χ4n) is 2.53. The van der Waals surface area contributed by atoms with Crippen LogP contribution in [0.2, 0.25) is 0 Å². The third-order valence-corrected chi connectivity index (χ3v) is 4.41. The van der Waals surface area contributed by atoms with Crippen molar-refractivity contribution in [3.05, 3.63) is 51.7 Å². The van der Waals surface area contributed by atoms with Crippen molar-refractivity contribution in [3.8, 4) is 0 Å². The SMILES string of the molecule is CCN1C(=O)Cc2cc(C(O)c3cccs3)ccc21. The number of amides is 1. The number of thiophene rings is 1. The van der Waals surface area contributed by atoms with Gasteiger partial charge in [0.2, 0.25) is 5.91 Å². The normalized spacial score (nSPS) is 15.7. The second-order valence-electron chi connectivity index (χ2n) is 4.62. The average molecular weight is 273 g/mol. The van der Waals surface area contributed by atoms with E-state index in [9.17, 15) is 9.90 Å². The molecule has 0 saturated carbocycles. The lowest BCUT2D eigenvalue weighted by atomic mass is 10.0. The first-order valence-corrected chi connectivity index (χ1v) is 7.23. The summed E-state index contributed by atoms with van der Waals surface area (Å²) in [4.78, 5) is 14.6. The Morgan fingerprint density at radius 2 is 2.26 bits per heavy atom. The number of anilines is 1. The van der Waals surface area contributed by atoms with E-state index in [0.29, 0.717) is 13.0 Å². The van der Waals surface area contributed by atoms with Gasteiger partial charge in [0.05, 0.1) is 6.42 Å². The molecule has 98 valence electrons. The highest BCUT2D eigenvalue weighted by Crippen LogP contribution is 2.33. The zero-order valence-corrected chi connectivity index (χ0v) is 11.5. The molecule has 0 radical (unpaired) electrons. The Morgan fingerprint density at radius 1 is 1.42 bits per heavy atom. The maximum atomic E-state index is 11.8. The Hall–Kier alpha value is -1.65. The van der Waals surface area contributed by atoms with Crippen molar-refractivity contribution in [1.82, 2.24) is 0 Å². The molecule has 3 nitrogen and oxygen atoms in total. The van der Waals surface area contributed by atoms with Crippen LogP contribution in [0.3, 0.4) is 0 Å². The number of aliphatic hydroxyl groups excluding tert-OH is 1. The van der Waals surface area contributed by atoms with Gasteiger partial charge >= 0.3 is 0 Å². The van der Waals surface area contributed by atoms with Gasteiger partial charge < -0.3 is 10.0 Å².